The summed E-state index contributed by atoms with van der Waals surface area (Å²) in [6.07, 6.45) is 0. The van der Waals surface area contributed by atoms with Crippen LogP contribution in [0.5, 0.6) is 0 Å². The minimum Gasteiger partial charge on any atom is -0.384 e. The Kier molecular flexibility index (Phi) is 3.02. The van der Waals surface area contributed by atoms with Gasteiger partial charge in [-0.25, -0.2) is 4.68 Å². The molecule has 0 aliphatic rings. The van der Waals surface area contributed by atoms with Crippen molar-refractivity contribution in [3.8, 4) is 5.69 Å². The molecule has 0 atom stereocenters. The van der Waals surface area contributed by atoms with Crippen LogP contribution in [-0.2, 0) is 0 Å². The average Bonchev–Trinajstić information content (AvgIpc) is 2.43. The highest BCUT2D eigenvalue weighted by atomic mass is 35.5. The van der Waals surface area contributed by atoms with Gasteiger partial charge in [-0.05, 0) is 19.1 Å². The Labute approximate surface area is 108 Å². The van der Waals surface area contributed by atoms with E-state index >= 15 is 0 Å². The van der Waals surface area contributed by atoms with Crippen LogP contribution in [0, 0.1) is 6.92 Å². The van der Waals surface area contributed by atoms with Crippen molar-refractivity contribution < 1.29 is 0 Å². The first-order chi connectivity index (χ1) is 7.49. The summed E-state index contributed by atoms with van der Waals surface area (Å²) < 4.78 is 1.50. The fourth-order valence-electron chi connectivity index (χ4n) is 1.44. The molecular weight excluding hydrogens is 268 g/mol. The number of aromatic nitrogens is 2. The lowest BCUT2D eigenvalue weighted by Crippen LogP contribution is -2.03. The van der Waals surface area contributed by atoms with Crippen molar-refractivity contribution in [2.45, 2.75) is 6.92 Å². The van der Waals surface area contributed by atoms with Gasteiger partial charge in [0.1, 0.15) is 11.5 Å². The van der Waals surface area contributed by atoms with Gasteiger partial charge in [0.05, 0.1) is 15.7 Å². The van der Waals surface area contributed by atoms with Gasteiger partial charge in [-0.3, -0.25) is 0 Å². The molecule has 0 amide bonds. The number of aryl methyl sites for hydroxylation is 1. The Morgan fingerprint density at radius 1 is 1.12 bits per heavy atom. The van der Waals surface area contributed by atoms with Crippen LogP contribution >= 0.6 is 34.8 Å². The van der Waals surface area contributed by atoms with Crippen molar-refractivity contribution in [3.05, 3.63) is 39.0 Å². The molecule has 1 aromatic carbocycles. The molecule has 2 aromatic rings. The Balaban J connectivity index is 2.69. The lowest BCUT2D eigenvalue weighted by atomic mass is 10.3. The molecule has 0 saturated carbocycles. The quantitative estimate of drug-likeness (QED) is 0.862. The van der Waals surface area contributed by atoms with Crippen molar-refractivity contribution in [2.24, 2.45) is 0 Å². The second kappa shape index (κ2) is 4.17. The molecule has 0 radical (unpaired) electrons. The highest BCUT2D eigenvalue weighted by molar-refractivity contribution is 6.40. The van der Waals surface area contributed by atoms with Gasteiger partial charge in [-0.1, -0.05) is 34.8 Å². The summed E-state index contributed by atoms with van der Waals surface area (Å²) in [7, 11) is 0. The van der Waals surface area contributed by atoms with E-state index in [0.29, 0.717) is 26.6 Å². The molecule has 6 heteroatoms. The van der Waals surface area contributed by atoms with Crippen molar-refractivity contribution in [3.63, 3.8) is 0 Å². The van der Waals surface area contributed by atoms with Crippen molar-refractivity contribution in [1.29, 1.82) is 0 Å². The summed E-state index contributed by atoms with van der Waals surface area (Å²) in [4.78, 5) is 0. The monoisotopic (exact) mass is 275 g/mol. The maximum Gasteiger partial charge on any atom is 0.127 e. The van der Waals surface area contributed by atoms with Gasteiger partial charge < -0.3 is 5.73 Å². The third kappa shape index (κ3) is 1.98. The number of benzene rings is 1. The zero-order chi connectivity index (χ0) is 11.9. The molecule has 0 unspecified atom stereocenters. The zero-order valence-corrected chi connectivity index (χ0v) is 10.6. The number of halogens is 3. The SMILES string of the molecule is Cc1cc(N)n(-c2c(Cl)cc(Cl)cc2Cl)n1. The number of nitrogens with two attached hydrogens (primary N) is 1. The number of nitrogens with zero attached hydrogens (tertiary/aromatic N) is 2. The topological polar surface area (TPSA) is 43.8 Å². The molecule has 0 aliphatic heterocycles. The van der Waals surface area contributed by atoms with Crippen LogP contribution in [0.25, 0.3) is 5.69 Å². The van der Waals surface area contributed by atoms with Crippen LogP contribution in [0.3, 0.4) is 0 Å². The summed E-state index contributed by atoms with van der Waals surface area (Å²) in [6.45, 7) is 1.84. The first-order valence-corrected chi connectivity index (χ1v) is 5.59. The van der Waals surface area contributed by atoms with Gasteiger partial charge >= 0.3 is 0 Å². The number of nitrogen functional groups attached to an aromatic ring is 1. The van der Waals surface area contributed by atoms with Gasteiger partial charge in [0.2, 0.25) is 0 Å². The Morgan fingerprint density at radius 3 is 2.12 bits per heavy atom. The average molecular weight is 277 g/mol. The summed E-state index contributed by atoms with van der Waals surface area (Å²) in [5.41, 5.74) is 7.13. The molecule has 2 rings (SSSR count). The summed E-state index contributed by atoms with van der Waals surface area (Å²) in [5.74, 6) is 0.476. The first-order valence-electron chi connectivity index (χ1n) is 4.46. The zero-order valence-electron chi connectivity index (χ0n) is 8.34. The third-order valence-corrected chi connectivity index (χ3v) is 2.85. The minimum absolute atomic E-state index is 0.410. The summed E-state index contributed by atoms with van der Waals surface area (Å²) in [6, 6.07) is 4.93. The van der Waals surface area contributed by atoms with Crippen LogP contribution in [0.4, 0.5) is 5.82 Å². The molecule has 0 spiro atoms. The lowest BCUT2D eigenvalue weighted by Gasteiger charge is -2.09. The van der Waals surface area contributed by atoms with Crippen LogP contribution in [0.15, 0.2) is 18.2 Å². The Bertz CT molecular complexity index is 525. The normalized spacial score (nSPS) is 10.8. The maximum absolute atomic E-state index is 6.07. The number of hydrogen-bond donors (Lipinski definition) is 1. The van der Waals surface area contributed by atoms with Gasteiger partial charge in [0, 0.05) is 11.1 Å². The maximum atomic E-state index is 6.07. The molecule has 0 fully saturated rings. The van der Waals surface area contributed by atoms with E-state index in [1.165, 1.54) is 4.68 Å². The minimum atomic E-state index is 0.410. The molecule has 16 heavy (non-hydrogen) atoms. The molecule has 2 N–H and O–H groups in total. The molecule has 1 heterocycles. The van der Waals surface area contributed by atoms with Gasteiger partial charge in [0.15, 0.2) is 0 Å². The van der Waals surface area contributed by atoms with E-state index in [1.54, 1.807) is 18.2 Å². The standard InChI is InChI=1S/C10H8Cl3N3/c1-5-2-9(14)16(15-5)10-7(12)3-6(11)4-8(10)13/h2-4H,14H2,1H3. The first kappa shape index (κ1) is 11.6. The highest BCUT2D eigenvalue weighted by Crippen LogP contribution is 2.33. The third-order valence-electron chi connectivity index (χ3n) is 2.05. The smallest absolute Gasteiger partial charge is 0.127 e. The van der Waals surface area contributed by atoms with Crippen molar-refractivity contribution >= 4 is 40.6 Å². The Morgan fingerprint density at radius 2 is 1.69 bits per heavy atom. The van der Waals surface area contributed by atoms with E-state index < -0.39 is 0 Å². The largest absolute Gasteiger partial charge is 0.384 e. The fourth-order valence-corrected chi connectivity index (χ4v) is 2.41. The van der Waals surface area contributed by atoms with E-state index in [9.17, 15) is 0 Å². The van der Waals surface area contributed by atoms with Crippen LogP contribution < -0.4 is 5.73 Å². The van der Waals surface area contributed by atoms with Gasteiger partial charge in [-0.15, -0.1) is 0 Å². The molecule has 0 saturated heterocycles. The number of hydrogen-bond acceptors (Lipinski definition) is 2. The molecule has 3 nitrogen and oxygen atoms in total. The van der Waals surface area contributed by atoms with Gasteiger partial charge in [-0.2, -0.15) is 5.10 Å². The predicted octanol–water partition coefficient (Wildman–Crippen LogP) is 3.72. The van der Waals surface area contributed by atoms with E-state index in [4.69, 9.17) is 40.5 Å². The summed E-state index contributed by atoms with van der Waals surface area (Å²) >= 11 is 18.0. The van der Waals surface area contributed by atoms with E-state index in [-0.39, 0.29) is 0 Å². The van der Waals surface area contributed by atoms with E-state index in [1.807, 2.05) is 6.92 Å². The second-order valence-corrected chi connectivity index (χ2v) is 4.59. The molecule has 0 aliphatic carbocycles. The number of anilines is 1. The molecule has 1 aromatic heterocycles. The van der Waals surface area contributed by atoms with Crippen LogP contribution in [0.2, 0.25) is 15.1 Å². The predicted molar refractivity (Wildman–Crippen MR) is 67.7 cm³/mol. The van der Waals surface area contributed by atoms with Crippen LogP contribution in [-0.4, -0.2) is 9.78 Å². The highest BCUT2D eigenvalue weighted by Gasteiger charge is 2.13. The van der Waals surface area contributed by atoms with Gasteiger partial charge in [0.25, 0.3) is 0 Å². The molecule has 0 bridgehead atoms. The Hall–Kier alpha value is -0.900. The van der Waals surface area contributed by atoms with Crippen molar-refractivity contribution in [1.82, 2.24) is 9.78 Å². The summed E-state index contributed by atoms with van der Waals surface area (Å²) in [5, 5.41) is 5.50. The second-order valence-electron chi connectivity index (χ2n) is 3.34. The van der Waals surface area contributed by atoms with Crippen LogP contribution in [0.1, 0.15) is 5.69 Å². The van der Waals surface area contributed by atoms with E-state index in [0.717, 1.165) is 5.69 Å². The molecular formula is C10H8Cl3N3. The number of rotatable bonds is 1. The molecule has 84 valence electrons. The fraction of sp³-hybridized carbons (Fsp3) is 0.100. The lowest BCUT2D eigenvalue weighted by molar-refractivity contribution is 0.872. The van der Waals surface area contributed by atoms with Crippen molar-refractivity contribution in [2.75, 3.05) is 5.73 Å². The van der Waals surface area contributed by atoms with E-state index in [2.05, 4.69) is 5.10 Å².